The number of aryl methyl sites for hydroxylation is 1. The van der Waals surface area contributed by atoms with Crippen LogP contribution < -0.4 is 5.14 Å². The molecule has 9 nitrogen and oxygen atoms in total. The molecule has 0 bridgehead atoms. The molecule has 1 heterocycles. The lowest BCUT2D eigenvalue weighted by Crippen LogP contribution is -2.35. The van der Waals surface area contributed by atoms with Crippen molar-refractivity contribution < 1.29 is 30.5 Å². The van der Waals surface area contributed by atoms with Crippen LogP contribution in [0.2, 0.25) is 0 Å². The SMILES string of the molecule is CS(=O)(=O)c1ccc([C@@H](CCN2CCC(CCc3cc([N+](=O)[O-])ccc3S(N)(=O)=O)CC2)c2cc(F)cc(F)c2)cc1. The molecule has 1 aliphatic rings. The molecule has 0 unspecified atom stereocenters. The Morgan fingerprint density at radius 1 is 0.952 bits per heavy atom. The van der Waals surface area contributed by atoms with Crippen LogP contribution >= 0.6 is 0 Å². The number of nitro groups is 1. The Bertz CT molecular complexity index is 1640. The second-order valence-corrected chi connectivity index (χ2v) is 14.3. The molecule has 0 amide bonds. The minimum atomic E-state index is -4.02. The number of halogens is 2. The summed E-state index contributed by atoms with van der Waals surface area (Å²) in [4.78, 5) is 12.9. The number of sulfone groups is 1. The Balaban J connectivity index is 1.40. The summed E-state index contributed by atoms with van der Waals surface area (Å²) >= 11 is 0. The van der Waals surface area contributed by atoms with E-state index in [9.17, 15) is 35.7 Å². The summed E-state index contributed by atoms with van der Waals surface area (Å²) in [6, 6.07) is 13.4. The summed E-state index contributed by atoms with van der Waals surface area (Å²) in [5, 5.41) is 16.5. The number of sulfonamides is 1. The van der Waals surface area contributed by atoms with Gasteiger partial charge in [-0.25, -0.2) is 30.8 Å². The first-order chi connectivity index (χ1) is 19.7. The smallest absolute Gasteiger partial charge is 0.269 e. The Labute approximate surface area is 244 Å². The zero-order valence-corrected chi connectivity index (χ0v) is 24.7. The molecule has 0 spiro atoms. The quantitative estimate of drug-likeness (QED) is 0.240. The molecule has 0 aliphatic carbocycles. The molecule has 0 saturated carbocycles. The molecule has 0 radical (unpaired) electrons. The number of benzene rings is 3. The average molecular weight is 622 g/mol. The number of likely N-dealkylation sites (tertiary alicyclic amines) is 1. The van der Waals surface area contributed by atoms with Crippen molar-refractivity contribution >= 4 is 25.5 Å². The lowest BCUT2D eigenvalue weighted by atomic mass is 9.87. The first-order valence-electron chi connectivity index (χ1n) is 13.5. The number of piperidine rings is 1. The predicted molar refractivity (Wildman–Crippen MR) is 154 cm³/mol. The summed E-state index contributed by atoms with van der Waals surface area (Å²) in [6.45, 7) is 2.17. The maximum atomic E-state index is 14.1. The molecule has 2 N–H and O–H groups in total. The van der Waals surface area contributed by atoms with E-state index >= 15 is 0 Å². The van der Waals surface area contributed by atoms with Crippen LogP contribution in [0, 0.1) is 27.7 Å². The monoisotopic (exact) mass is 621 g/mol. The van der Waals surface area contributed by atoms with Gasteiger partial charge in [-0.3, -0.25) is 10.1 Å². The van der Waals surface area contributed by atoms with Gasteiger partial charge < -0.3 is 4.90 Å². The Morgan fingerprint density at radius 2 is 1.57 bits per heavy atom. The topological polar surface area (TPSA) is 141 Å². The van der Waals surface area contributed by atoms with Gasteiger partial charge in [0.1, 0.15) is 11.6 Å². The molecule has 1 saturated heterocycles. The fraction of sp³-hybridized carbons (Fsp3) is 0.379. The second-order valence-electron chi connectivity index (χ2n) is 10.8. The summed E-state index contributed by atoms with van der Waals surface area (Å²) in [5.41, 5.74) is 1.37. The van der Waals surface area contributed by atoms with Crippen molar-refractivity contribution in [1.29, 1.82) is 0 Å². The fourth-order valence-electron chi connectivity index (χ4n) is 5.57. The van der Waals surface area contributed by atoms with Crippen molar-refractivity contribution in [2.45, 2.75) is 47.8 Å². The number of nitro benzene ring substituents is 1. The number of nitrogens with zero attached hydrogens (tertiary/aromatic N) is 2. The van der Waals surface area contributed by atoms with Crippen LogP contribution in [0.5, 0.6) is 0 Å². The number of non-ortho nitro benzene ring substituents is 1. The largest absolute Gasteiger partial charge is 0.303 e. The summed E-state index contributed by atoms with van der Waals surface area (Å²) < 4.78 is 76.0. The molecule has 1 atom stereocenters. The van der Waals surface area contributed by atoms with Crippen LogP contribution in [0.4, 0.5) is 14.5 Å². The number of hydrogen-bond donors (Lipinski definition) is 1. The van der Waals surface area contributed by atoms with Crippen LogP contribution in [0.25, 0.3) is 0 Å². The molecular formula is C29H33F2N3O6S2. The van der Waals surface area contributed by atoms with Crippen LogP contribution in [-0.2, 0) is 26.3 Å². The summed E-state index contributed by atoms with van der Waals surface area (Å²) in [7, 11) is -7.41. The van der Waals surface area contributed by atoms with E-state index < -0.39 is 36.4 Å². The second kappa shape index (κ2) is 12.9. The Hall–Kier alpha value is -3.26. The van der Waals surface area contributed by atoms with Gasteiger partial charge in [0.25, 0.3) is 5.69 Å². The van der Waals surface area contributed by atoms with E-state index in [1.165, 1.54) is 36.4 Å². The van der Waals surface area contributed by atoms with Crippen LogP contribution in [0.1, 0.15) is 48.3 Å². The normalized spacial score (nSPS) is 15.9. The number of nitrogens with two attached hydrogens (primary N) is 1. The lowest BCUT2D eigenvalue weighted by Gasteiger charge is -2.33. The highest BCUT2D eigenvalue weighted by molar-refractivity contribution is 7.90. The van der Waals surface area contributed by atoms with E-state index in [4.69, 9.17) is 5.14 Å². The van der Waals surface area contributed by atoms with Crippen LogP contribution in [0.15, 0.2) is 70.5 Å². The van der Waals surface area contributed by atoms with E-state index in [0.717, 1.165) is 49.9 Å². The van der Waals surface area contributed by atoms with Crippen LogP contribution in [0.3, 0.4) is 0 Å². The third-order valence-electron chi connectivity index (χ3n) is 7.82. The van der Waals surface area contributed by atoms with E-state index in [0.29, 0.717) is 36.9 Å². The fourth-order valence-corrected chi connectivity index (χ4v) is 6.99. The van der Waals surface area contributed by atoms with Gasteiger partial charge in [0.15, 0.2) is 9.84 Å². The standard InChI is InChI=1S/C29H33F2N3O6S2/c1-41(37,38)27-7-4-21(5-8-27)28(23-16-24(30)19-25(31)17-23)12-15-33-13-10-20(11-14-33)2-3-22-18-26(34(35)36)6-9-29(22)42(32,39)40/h4-9,16-20,28H,2-3,10-15H2,1H3,(H2,32,39,40)/t28-/m1/s1. The predicted octanol–water partition coefficient (Wildman–Crippen LogP) is 4.79. The van der Waals surface area contributed by atoms with Gasteiger partial charge in [0, 0.05) is 30.4 Å². The van der Waals surface area contributed by atoms with E-state index in [1.54, 1.807) is 12.1 Å². The summed E-state index contributed by atoms with van der Waals surface area (Å²) in [5.74, 6) is -1.44. The molecule has 4 rings (SSSR count). The third-order valence-corrected chi connectivity index (χ3v) is 9.96. The third kappa shape index (κ3) is 8.18. The first kappa shape index (κ1) is 31.7. The maximum Gasteiger partial charge on any atom is 0.269 e. The highest BCUT2D eigenvalue weighted by atomic mass is 32.2. The highest BCUT2D eigenvalue weighted by Crippen LogP contribution is 2.32. The van der Waals surface area contributed by atoms with Gasteiger partial charge in [-0.15, -0.1) is 0 Å². The van der Waals surface area contributed by atoms with Crippen molar-refractivity contribution in [1.82, 2.24) is 4.90 Å². The molecule has 3 aromatic rings. The minimum absolute atomic E-state index is 0.102. The van der Waals surface area contributed by atoms with E-state index in [1.807, 2.05) is 0 Å². The van der Waals surface area contributed by atoms with Crippen molar-refractivity contribution in [3.63, 3.8) is 0 Å². The highest BCUT2D eigenvalue weighted by Gasteiger charge is 2.24. The molecular weight excluding hydrogens is 588 g/mol. The number of primary sulfonamides is 1. The van der Waals surface area contributed by atoms with Crippen molar-refractivity contribution in [3.8, 4) is 0 Å². The molecule has 13 heteroatoms. The van der Waals surface area contributed by atoms with Gasteiger partial charge in [0.05, 0.1) is 14.7 Å². The maximum absolute atomic E-state index is 14.1. The molecule has 0 aromatic heterocycles. The van der Waals surface area contributed by atoms with Crippen molar-refractivity contribution in [3.05, 3.63) is 99.1 Å². The molecule has 1 aliphatic heterocycles. The Kier molecular flexibility index (Phi) is 9.76. The zero-order valence-electron chi connectivity index (χ0n) is 23.1. The van der Waals surface area contributed by atoms with Gasteiger partial charge in [0.2, 0.25) is 10.0 Å². The summed E-state index contributed by atoms with van der Waals surface area (Å²) in [6.07, 6.45) is 4.33. The van der Waals surface area contributed by atoms with Gasteiger partial charge >= 0.3 is 0 Å². The average Bonchev–Trinajstić information content (AvgIpc) is 2.91. The molecule has 1 fully saturated rings. The lowest BCUT2D eigenvalue weighted by molar-refractivity contribution is -0.385. The minimum Gasteiger partial charge on any atom is -0.303 e. The van der Waals surface area contributed by atoms with E-state index in [-0.39, 0.29) is 27.3 Å². The number of hydrogen-bond acceptors (Lipinski definition) is 7. The Morgan fingerprint density at radius 3 is 2.12 bits per heavy atom. The van der Waals surface area contributed by atoms with Crippen molar-refractivity contribution in [2.75, 3.05) is 25.9 Å². The molecule has 226 valence electrons. The van der Waals surface area contributed by atoms with Crippen LogP contribution in [-0.4, -0.2) is 52.5 Å². The van der Waals surface area contributed by atoms with Gasteiger partial charge in [-0.05, 0) is 105 Å². The van der Waals surface area contributed by atoms with Gasteiger partial charge in [-0.2, -0.15) is 0 Å². The van der Waals surface area contributed by atoms with E-state index in [2.05, 4.69) is 4.90 Å². The van der Waals surface area contributed by atoms with Gasteiger partial charge in [-0.1, -0.05) is 12.1 Å². The zero-order chi connectivity index (χ0) is 30.7. The molecule has 42 heavy (non-hydrogen) atoms. The first-order valence-corrected chi connectivity index (χ1v) is 16.9. The number of rotatable bonds is 11. The molecule has 3 aromatic carbocycles. The van der Waals surface area contributed by atoms with Crippen molar-refractivity contribution in [2.24, 2.45) is 11.1 Å².